The third-order valence-corrected chi connectivity index (χ3v) is 3.93. The number of benzene rings is 1. The standard InChI is InChI=1S/C19H25N3O4/c1-2-20-19(25)22-15-11-7-4-8-12-17(23)21-16(13-26-18(15)24)14-9-5-3-6-10-14/h3-7,9-10,15-16H,2,8,11-13H2,1H3,(H,21,23)(H2,20,22,25)/t15-,16?/m1/s1. The zero-order valence-electron chi connectivity index (χ0n) is 14.9. The van der Waals surface area contributed by atoms with Gasteiger partial charge in [0, 0.05) is 13.0 Å². The quantitative estimate of drug-likeness (QED) is 0.566. The molecule has 1 aromatic carbocycles. The van der Waals surface area contributed by atoms with Crippen LogP contribution in [-0.2, 0) is 14.3 Å². The van der Waals surface area contributed by atoms with E-state index in [1.54, 1.807) is 13.0 Å². The van der Waals surface area contributed by atoms with Gasteiger partial charge in [0.15, 0.2) is 0 Å². The molecule has 7 heteroatoms. The Kier molecular flexibility index (Phi) is 7.67. The number of ether oxygens (including phenoxy) is 1. The van der Waals surface area contributed by atoms with Gasteiger partial charge in [-0.1, -0.05) is 42.5 Å². The van der Waals surface area contributed by atoms with Crippen LogP contribution in [0.4, 0.5) is 4.79 Å². The Balaban J connectivity index is 2.12. The molecular formula is C19H25N3O4. The number of carbonyl (C=O) groups is 3. The van der Waals surface area contributed by atoms with Crippen molar-refractivity contribution < 1.29 is 19.1 Å². The average molecular weight is 359 g/mol. The molecule has 0 saturated heterocycles. The molecule has 7 nitrogen and oxygen atoms in total. The predicted molar refractivity (Wildman–Crippen MR) is 97.3 cm³/mol. The van der Waals surface area contributed by atoms with Gasteiger partial charge in [-0.2, -0.15) is 0 Å². The van der Waals surface area contributed by atoms with E-state index in [-0.39, 0.29) is 12.5 Å². The van der Waals surface area contributed by atoms with E-state index in [4.69, 9.17) is 4.74 Å². The number of allylic oxidation sites excluding steroid dienone is 1. The van der Waals surface area contributed by atoms with Crippen molar-refractivity contribution in [2.24, 2.45) is 0 Å². The highest BCUT2D eigenvalue weighted by Crippen LogP contribution is 2.15. The molecule has 1 aliphatic rings. The van der Waals surface area contributed by atoms with Crippen molar-refractivity contribution in [3.63, 3.8) is 0 Å². The first-order chi connectivity index (χ1) is 12.6. The van der Waals surface area contributed by atoms with Crippen LogP contribution in [0.2, 0.25) is 0 Å². The summed E-state index contributed by atoms with van der Waals surface area (Å²) in [5.74, 6) is -0.631. The fourth-order valence-corrected chi connectivity index (χ4v) is 2.59. The summed E-state index contributed by atoms with van der Waals surface area (Å²) >= 11 is 0. The second-order valence-corrected chi connectivity index (χ2v) is 5.96. The van der Waals surface area contributed by atoms with Crippen LogP contribution >= 0.6 is 0 Å². The Morgan fingerprint density at radius 3 is 2.73 bits per heavy atom. The first-order valence-corrected chi connectivity index (χ1v) is 8.80. The molecule has 0 radical (unpaired) electrons. The van der Waals surface area contributed by atoms with Gasteiger partial charge in [0.2, 0.25) is 5.91 Å². The number of amides is 3. The van der Waals surface area contributed by atoms with Gasteiger partial charge in [-0.3, -0.25) is 4.79 Å². The zero-order valence-corrected chi connectivity index (χ0v) is 14.9. The molecule has 0 aliphatic carbocycles. The number of urea groups is 1. The fraction of sp³-hybridized carbons (Fsp3) is 0.421. The molecule has 0 spiro atoms. The van der Waals surface area contributed by atoms with Crippen molar-refractivity contribution in [2.75, 3.05) is 13.2 Å². The van der Waals surface area contributed by atoms with Crippen LogP contribution in [0, 0.1) is 0 Å². The lowest BCUT2D eigenvalue weighted by atomic mass is 10.1. The fourth-order valence-electron chi connectivity index (χ4n) is 2.59. The monoisotopic (exact) mass is 359 g/mol. The van der Waals surface area contributed by atoms with E-state index in [9.17, 15) is 14.4 Å². The summed E-state index contributed by atoms with van der Waals surface area (Å²) in [6.07, 6.45) is 4.84. The minimum Gasteiger partial charge on any atom is -0.462 e. The molecule has 3 N–H and O–H groups in total. The van der Waals surface area contributed by atoms with Crippen molar-refractivity contribution in [1.82, 2.24) is 16.0 Å². The summed E-state index contributed by atoms with van der Waals surface area (Å²) in [4.78, 5) is 36.3. The van der Waals surface area contributed by atoms with Gasteiger partial charge >= 0.3 is 12.0 Å². The molecule has 0 aromatic heterocycles. The van der Waals surface area contributed by atoms with E-state index in [0.717, 1.165) is 5.56 Å². The average Bonchev–Trinajstić information content (AvgIpc) is 2.63. The van der Waals surface area contributed by atoms with E-state index < -0.39 is 24.1 Å². The van der Waals surface area contributed by atoms with Crippen LogP contribution in [0.25, 0.3) is 0 Å². The first-order valence-electron chi connectivity index (χ1n) is 8.80. The second-order valence-electron chi connectivity index (χ2n) is 5.96. The number of esters is 1. The summed E-state index contributed by atoms with van der Waals surface area (Å²) in [6, 6.07) is 7.73. The summed E-state index contributed by atoms with van der Waals surface area (Å²) in [5.41, 5.74) is 0.856. The molecule has 1 heterocycles. The minimum atomic E-state index is -0.774. The van der Waals surface area contributed by atoms with Gasteiger partial charge < -0.3 is 20.7 Å². The first kappa shape index (κ1) is 19.5. The van der Waals surface area contributed by atoms with Crippen LogP contribution in [-0.4, -0.2) is 37.1 Å². The van der Waals surface area contributed by atoms with E-state index in [2.05, 4.69) is 16.0 Å². The van der Waals surface area contributed by atoms with Gasteiger partial charge in [-0.15, -0.1) is 0 Å². The normalized spacial score (nSPS) is 21.6. The Morgan fingerprint density at radius 1 is 1.23 bits per heavy atom. The SMILES string of the molecule is CCNC(=O)N[C@@H]1CC=CCCC(=O)NC(c2ccccc2)COC1=O. The number of carbonyl (C=O) groups excluding carboxylic acids is 3. The second kappa shape index (κ2) is 10.2. The lowest BCUT2D eigenvalue weighted by Crippen LogP contribution is -2.47. The Hall–Kier alpha value is -2.83. The summed E-state index contributed by atoms with van der Waals surface area (Å²) in [7, 11) is 0. The van der Waals surface area contributed by atoms with Crippen LogP contribution < -0.4 is 16.0 Å². The van der Waals surface area contributed by atoms with E-state index in [0.29, 0.717) is 25.8 Å². The molecular weight excluding hydrogens is 334 g/mol. The highest BCUT2D eigenvalue weighted by atomic mass is 16.5. The van der Waals surface area contributed by atoms with Crippen LogP contribution in [0.15, 0.2) is 42.5 Å². The topological polar surface area (TPSA) is 96.5 Å². The number of hydrogen-bond acceptors (Lipinski definition) is 4. The number of hydrogen-bond donors (Lipinski definition) is 3. The largest absolute Gasteiger partial charge is 0.462 e. The maximum Gasteiger partial charge on any atom is 0.329 e. The summed E-state index contributed by atoms with van der Waals surface area (Å²) < 4.78 is 5.39. The zero-order chi connectivity index (χ0) is 18.8. The smallest absolute Gasteiger partial charge is 0.329 e. The number of nitrogens with one attached hydrogen (secondary N) is 3. The van der Waals surface area contributed by atoms with Crippen molar-refractivity contribution in [3.05, 3.63) is 48.0 Å². The van der Waals surface area contributed by atoms with Crippen LogP contribution in [0.1, 0.15) is 37.8 Å². The van der Waals surface area contributed by atoms with Gasteiger partial charge in [0.05, 0.1) is 6.04 Å². The van der Waals surface area contributed by atoms with Gasteiger partial charge in [-0.05, 0) is 25.3 Å². The molecule has 1 aliphatic heterocycles. The molecule has 1 aromatic rings. The van der Waals surface area contributed by atoms with Gasteiger partial charge in [0.25, 0.3) is 0 Å². The maximum atomic E-state index is 12.4. The highest BCUT2D eigenvalue weighted by molar-refractivity contribution is 5.83. The summed E-state index contributed by atoms with van der Waals surface area (Å²) in [5, 5.41) is 8.12. The van der Waals surface area contributed by atoms with Crippen molar-refractivity contribution in [1.29, 1.82) is 0 Å². The molecule has 2 atom stereocenters. The van der Waals surface area contributed by atoms with Crippen molar-refractivity contribution >= 4 is 17.9 Å². The Bertz CT molecular complexity index is 645. The van der Waals surface area contributed by atoms with Crippen molar-refractivity contribution in [2.45, 2.75) is 38.3 Å². The third-order valence-electron chi connectivity index (χ3n) is 3.93. The van der Waals surface area contributed by atoms with Crippen LogP contribution in [0.5, 0.6) is 0 Å². The molecule has 0 bridgehead atoms. The highest BCUT2D eigenvalue weighted by Gasteiger charge is 2.24. The summed E-state index contributed by atoms with van der Waals surface area (Å²) in [6.45, 7) is 2.27. The number of rotatable bonds is 3. The molecule has 0 fully saturated rings. The Morgan fingerprint density at radius 2 is 2.00 bits per heavy atom. The molecule has 2 rings (SSSR count). The van der Waals surface area contributed by atoms with E-state index in [1.807, 2.05) is 36.4 Å². The molecule has 1 unspecified atom stereocenters. The number of cyclic esters (lactones) is 1. The molecule has 0 saturated carbocycles. The molecule has 140 valence electrons. The van der Waals surface area contributed by atoms with E-state index in [1.165, 1.54) is 0 Å². The Labute approximate surface area is 153 Å². The minimum absolute atomic E-state index is 0.00583. The van der Waals surface area contributed by atoms with Gasteiger partial charge in [-0.25, -0.2) is 9.59 Å². The van der Waals surface area contributed by atoms with E-state index >= 15 is 0 Å². The predicted octanol–water partition coefficient (Wildman–Crippen LogP) is 1.81. The molecule has 26 heavy (non-hydrogen) atoms. The third kappa shape index (κ3) is 6.23. The molecule has 3 amide bonds. The lowest BCUT2D eigenvalue weighted by Gasteiger charge is -2.22. The van der Waals surface area contributed by atoms with Crippen molar-refractivity contribution in [3.8, 4) is 0 Å². The van der Waals surface area contributed by atoms with Gasteiger partial charge in [0.1, 0.15) is 12.6 Å². The van der Waals surface area contributed by atoms with Crippen LogP contribution in [0.3, 0.4) is 0 Å². The maximum absolute atomic E-state index is 12.4. The lowest BCUT2D eigenvalue weighted by molar-refractivity contribution is -0.147.